The van der Waals surface area contributed by atoms with Crippen LogP contribution in [0.15, 0.2) is 6.07 Å². The molecular weight excluding hydrogens is 281 g/mol. The molecule has 0 saturated heterocycles. The van der Waals surface area contributed by atoms with Crippen LogP contribution < -0.4 is 0 Å². The van der Waals surface area contributed by atoms with Crippen LogP contribution in [0.1, 0.15) is 17.7 Å². The number of aromatic nitrogens is 1. The van der Waals surface area contributed by atoms with Crippen molar-refractivity contribution in [1.82, 2.24) is 4.98 Å². The molecule has 0 radical (unpaired) electrons. The number of rotatable bonds is 3. The maximum absolute atomic E-state index is 13.0. The van der Waals surface area contributed by atoms with Gasteiger partial charge in [-0.2, -0.15) is 4.39 Å². The molecule has 1 aromatic rings. The number of pyridine rings is 1. The molecule has 1 heterocycles. The van der Waals surface area contributed by atoms with E-state index in [0.717, 1.165) is 6.07 Å². The van der Waals surface area contributed by atoms with Gasteiger partial charge in [0.15, 0.2) is 5.69 Å². The Labute approximate surface area is 90.4 Å². The average Bonchev–Trinajstić information content (AvgIpc) is 2.16. The van der Waals surface area contributed by atoms with Gasteiger partial charge in [-0.1, -0.05) is 15.9 Å². The van der Waals surface area contributed by atoms with Crippen molar-refractivity contribution in [2.75, 3.05) is 0 Å². The van der Waals surface area contributed by atoms with Crippen molar-refractivity contribution in [3.8, 4) is 0 Å². The van der Waals surface area contributed by atoms with Crippen LogP contribution in [0.3, 0.4) is 0 Å². The van der Waals surface area contributed by atoms with Gasteiger partial charge in [-0.3, -0.25) is 10.1 Å². The Bertz CT molecular complexity index is 400. The maximum atomic E-state index is 13.0. The Morgan fingerprint density at radius 2 is 2.20 bits per heavy atom. The van der Waals surface area contributed by atoms with Gasteiger partial charge in [-0.05, 0) is 0 Å². The summed E-state index contributed by atoms with van der Waals surface area (Å²) in [6.45, 7) is 0. The fourth-order valence-corrected chi connectivity index (χ4v) is 1.33. The van der Waals surface area contributed by atoms with Gasteiger partial charge in [0.2, 0.25) is 5.95 Å². The largest absolute Gasteiger partial charge is 0.297 e. The van der Waals surface area contributed by atoms with Gasteiger partial charge in [-0.15, -0.1) is 0 Å². The molecular formula is C7H4BrF3N2O2. The van der Waals surface area contributed by atoms with Crippen molar-refractivity contribution in [1.29, 1.82) is 0 Å². The molecule has 1 rings (SSSR count). The summed E-state index contributed by atoms with van der Waals surface area (Å²) in [6.07, 6.45) is -3.18. The van der Waals surface area contributed by atoms with Crippen LogP contribution in [0.25, 0.3) is 0 Å². The van der Waals surface area contributed by atoms with Crippen molar-refractivity contribution in [2.45, 2.75) is 11.8 Å². The normalized spacial score (nSPS) is 10.7. The van der Waals surface area contributed by atoms with Gasteiger partial charge in [-0.25, -0.2) is 13.8 Å². The van der Waals surface area contributed by atoms with E-state index in [2.05, 4.69) is 20.9 Å². The minimum atomic E-state index is -3.18. The van der Waals surface area contributed by atoms with E-state index in [4.69, 9.17) is 0 Å². The number of nitrogens with zero attached hydrogens (tertiary/aromatic N) is 2. The minimum absolute atomic E-state index is 0.0316. The van der Waals surface area contributed by atoms with Crippen molar-refractivity contribution >= 4 is 21.6 Å². The van der Waals surface area contributed by atoms with Crippen molar-refractivity contribution in [2.24, 2.45) is 0 Å². The molecule has 0 aliphatic carbocycles. The number of halogens is 4. The Hall–Kier alpha value is -1.18. The molecule has 8 heteroatoms. The zero-order valence-corrected chi connectivity index (χ0v) is 8.67. The van der Waals surface area contributed by atoms with Crippen LogP contribution in [0.4, 0.5) is 18.9 Å². The van der Waals surface area contributed by atoms with Crippen LogP contribution in [0.5, 0.6) is 0 Å². The predicted molar refractivity (Wildman–Crippen MR) is 48.4 cm³/mol. The van der Waals surface area contributed by atoms with Crippen LogP contribution in [-0.4, -0.2) is 9.91 Å². The van der Waals surface area contributed by atoms with Crippen molar-refractivity contribution in [3.05, 3.63) is 33.4 Å². The van der Waals surface area contributed by atoms with E-state index in [9.17, 15) is 23.3 Å². The Balaban J connectivity index is 3.39. The van der Waals surface area contributed by atoms with Crippen LogP contribution in [-0.2, 0) is 5.33 Å². The summed E-state index contributed by atoms with van der Waals surface area (Å²) < 4.78 is 37.5. The molecule has 0 aliphatic heterocycles. The summed E-state index contributed by atoms with van der Waals surface area (Å²) in [5, 5.41) is 10.4. The Morgan fingerprint density at radius 1 is 1.60 bits per heavy atom. The highest BCUT2D eigenvalue weighted by Gasteiger charge is 2.26. The summed E-state index contributed by atoms with van der Waals surface area (Å²) >= 11 is 2.86. The monoisotopic (exact) mass is 284 g/mol. The highest BCUT2D eigenvalue weighted by Crippen LogP contribution is 2.29. The van der Waals surface area contributed by atoms with Crippen LogP contribution in [0.2, 0.25) is 0 Å². The minimum Gasteiger partial charge on any atom is -0.258 e. The summed E-state index contributed by atoms with van der Waals surface area (Å²) in [5.41, 5.74) is -2.16. The fraction of sp³-hybridized carbons (Fsp3) is 0.286. The summed E-state index contributed by atoms with van der Waals surface area (Å²) in [5.74, 6) is -1.13. The highest BCUT2D eigenvalue weighted by atomic mass is 79.9. The second kappa shape index (κ2) is 4.56. The lowest BCUT2D eigenvalue weighted by atomic mass is 10.2. The third-order valence-electron chi connectivity index (χ3n) is 1.60. The summed E-state index contributed by atoms with van der Waals surface area (Å²) in [7, 11) is 0. The molecule has 82 valence electrons. The van der Waals surface area contributed by atoms with Crippen LogP contribution in [0, 0.1) is 16.1 Å². The van der Waals surface area contributed by atoms with E-state index in [0.29, 0.717) is 0 Å². The molecule has 0 aliphatic rings. The van der Waals surface area contributed by atoms with Gasteiger partial charge < -0.3 is 0 Å². The van der Waals surface area contributed by atoms with E-state index < -0.39 is 28.7 Å². The van der Waals surface area contributed by atoms with Gasteiger partial charge in [0, 0.05) is 17.0 Å². The first-order chi connectivity index (χ1) is 6.97. The maximum Gasteiger partial charge on any atom is 0.297 e. The van der Waals surface area contributed by atoms with Gasteiger partial charge in [0.25, 0.3) is 12.1 Å². The molecule has 0 spiro atoms. The SMILES string of the molecule is O=[N+]([O-])c1cc(CBr)c(F)nc1C(F)F. The first-order valence-electron chi connectivity index (χ1n) is 3.65. The van der Waals surface area contributed by atoms with Gasteiger partial charge in [0.1, 0.15) is 0 Å². The summed E-state index contributed by atoms with van der Waals surface area (Å²) in [4.78, 5) is 12.3. The molecule has 4 nitrogen and oxygen atoms in total. The lowest BCUT2D eigenvalue weighted by molar-refractivity contribution is -0.386. The second-order valence-electron chi connectivity index (χ2n) is 2.53. The third kappa shape index (κ3) is 2.44. The molecule has 15 heavy (non-hydrogen) atoms. The van der Waals surface area contributed by atoms with Gasteiger partial charge in [0.05, 0.1) is 4.92 Å². The number of hydrogen-bond donors (Lipinski definition) is 0. The standard InChI is InChI=1S/C7H4BrF3N2O2/c8-2-3-1-4(13(14)15)5(6(9)10)12-7(3)11/h1,6H,2H2. The van der Waals surface area contributed by atoms with E-state index in [-0.39, 0.29) is 10.9 Å². The van der Waals surface area contributed by atoms with Crippen LogP contribution >= 0.6 is 15.9 Å². The Morgan fingerprint density at radius 3 is 2.60 bits per heavy atom. The molecule has 0 bridgehead atoms. The lowest BCUT2D eigenvalue weighted by Crippen LogP contribution is -2.03. The van der Waals surface area contributed by atoms with Gasteiger partial charge >= 0.3 is 0 Å². The fourth-order valence-electron chi connectivity index (χ4n) is 0.934. The molecule has 1 aromatic heterocycles. The highest BCUT2D eigenvalue weighted by molar-refractivity contribution is 9.08. The number of nitro groups is 1. The molecule has 0 unspecified atom stereocenters. The Kier molecular flexibility index (Phi) is 3.61. The topological polar surface area (TPSA) is 56.0 Å². The molecule has 0 amide bonds. The molecule has 0 aromatic carbocycles. The number of alkyl halides is 3. The zero-order chi connectivity index (χ0) is 11.6. The van der Waals surface area contributed by atoms with E-state index in [1.807, 2.05) is 0 Å². The average molecular weight is 285 g/mol. The summed E-state index contributed by atoms with van der Waals surface area (Å²) in [6, 6.07) is 0.749. The van der Waals surface area contributed by atoms with E-state index in [1.165, 1.54) is 0 Å². The first-order valence-corrected chi connectivity index (χ1v) is 4.77. The third-order valence-corrected chi connectivity index (χ3v) is 2.21. The molecule has 0 saturated carbocycles. The van der Waals surface area contributed by atoms with E-state index in [1.54, 1.807) is 0 Å². The second-order valence-corrected chi connectivity index (χ2v) is 3.09. The van der Waals surface area contributed by atoms with E-state index >= 15 is 0 Å². The molecule has 0 N–H and O–H groups in total. The predicted octanol–water partition coefficient (Wildman–Crippen LogP) is 2.96. The molecule has 0 atom stereocenters. The first kappa shape index (κ1) is 11.9. The quantitative estimate of drug-likeness (QED) is 0.371. The molecule has 0 fully saturated rings. The zero-order valence-electron chi connectivity index (χ0n) is 7.08. The lowest BCUT2D eigenvalue weighted by Gasteiger charge is -2.03. The van der Waals surface area contributed by atoms with Crippen molar-refractivity contribution in [3.63, 3.8) is 0 Å². The number of hydrogen-bond acceptors (Lipinski definition) is 3. The van der Waals surface area contributed by atoms with Crippen molar-refractivity contribution < 1.29 is 18.1 Å². The smallest absolute Gasteiger partial charge is 0.258 e.